The first-order chi connectivity index (χ1) is 11.0. The number of hydrogen-bond acceptors (Lipinski definition) is 3. The van der Waals surface area contributed by atoms with Crippen LogP contribution < -0.4 is 16.0 Å². The zero-order valence-corrected chi connectivity index (χ0v) is 18.0. The Bertz CT molecular complexity index is 509. The quantitative estimate of drug-likeness (QED) is 0.240. The van der Waals surface area contributed by atoms with Crippen LogP contribution in [0.1, 0.15) is 31.1 Å². The number of carbonyl (C=O) groups excluding carboxylic acids is 1. The number of nitrogens with zero attached hydrogens (tertiary/aromatic N) is 1. The van der Waals surface area contributed by atoms with Gasteiger partial charge in [0.15, 0.2) is 5.96 Å². The second-order valence-corrected chi connectivity index (χ2v) is 7.22. The first-order valence-corrected chi connectivity index (χ1v) is 9.11. The number of guanidine groups is 1. The molecular weight excluding hydrogens is 435 g/mol. The fourth-order valence-electron chi connectivity index (χ4n) is 1.72. The molecule has 0 saturated carbocycles. The molecule has 0 radical (unpaired) electrons. The SMILES string of the molecule is CCNC(=NCC(C)(C)SC)NCCNC(=O)c1ccccc1.I. The van der Waals surface area contributed by atoms with Gasteiger partial charge in [0, 0.05) is 29.9 Å². The molecule has 0 bridgehead atoms. The Balaban J connectivity index is 0.00000529. The molecule has 1 aromatic carbocycles. The van der Waals surface area contributed by atoms with Crippen molar-refractivity contribution in [2.75, 3.05) is 32.4 Å². The fraction of sp³-hybridized carbons (Fsp3) is 0.529. The Hall–Kier alpha value is -0.960. The van der Waals surface area contributed by atoms with E-state index < -0.39 is 0 Å². The molecule has 0 unspecified atom stereocenters. The predicted molar refractivity (Wildman–Crippen MR) is 116 cm³/mol. The van der Waals surface area contributed by atoms with Crippen molar-refractivity contribution in [3.05, 3.63) is 35.9 Å². The van der Waals surface area contributed by atoms with Crippen molar-refractivity contribution in [1.82, 2.24) is 16.0 Å². The number of hydrogen-bond donors (Lipinski definition) is 3. The van der Waals surface area contributed by atoms with E-state index in [1.54, 1.807) is 23.9 Å². The normalized spacial score (nSPS) is 11.4. The molecule has 1 aromatic rings. The number of amides is 1. The molecule has 0 aliphatic carbocycles. The topological polar surface area (TPSA) is 65.5 Å². The second kappa shape index (κ2) is 12.4. The monoisotopic (exact) mass is 464 g/mol. The third-order valence-electron chi connectivity index (χ3n) is 3.25. The molecule has 24 heavy (non-hydrogen) atoms. The number of thioether (sulfide) groups is 1. The van der Waals surface area contributed by atoms with Crippen molar-refractivity contribution in [1.29, 1.82) is 0 Å². The average Bonchev–Trinajstić information content (AvgIpc) is 2.57. The van der Waals surface area contributed by atoms with Crippen LogP contribution in [0.5, 0.6) is 0 Å². The van der Waals surface area contributed by atoms with Crippen molar-refractivity contribution in [2.45, 2.75) is 25.5 Å². The van der Waals surface area contributed by atoms with Crippen LogP contribution in [-0.4, -0.2) is 49.0 Å². The molecule has 0 spiro atoms. The van der Waals surface area contributed by atoms with Crippen LogP contribution in [0, 0.1) is 0 Å². The summed E-state index contributed by atoms with van der Waals surface area (Å²) >= 11 is 1.80. The van der Waals surface area contributed by atoms with Crippen molar-refractivity contribution < 1.29 is 4.79 Å². The third-order valence-corrected chi connectivity index (χ3v) is 4.49. The van der Waals surface area contributed by atoms with Gasteiger partial charge in [-0.25, -0.2) is 0 Å². The Morgan fingerprint density at radius 2 is 1.75 bits per heavy atom. The van der Waals surface area contributed by atoms with Crippen LogP contribution in [0.2, 0.25) is 0 Å². The maximum Gasteiger partial charge on any atom is 0.251 e. The third kappa shape index (κ3) is 9.36. The van der Waals surface area contributed by atoms with E-state index in [0.29, 0.717) is 18.7 Å². The summed E-state index contributed by atoms with van der Waals surface area (Å²) in [7, 11) is 0. The summed E-state index contributed by atoms with van der Waals surface area (Å²) in [4.78, 5) is 16.5. The van der Waals surface area contributed by atoms with E-state index in [1.807, 2.05) is 25.1 Å². The molecule has 3 N–H and O–H groups in total. The lowest BCUT2D eigenvalue weighted by Gasteiger charge is -2.20. The zero-order chi connectivity index (χ0) is 17.1. The first-order valence-electron chi connectivity index (χ1n) is 7.89. The second-order valence-electron chi connectivity index (χ2n) is 5.71. The molecule has 0 heterocycles. The van der Waals surface area contributed by atoms with Gasteiger partial charge in [0.2, 0.25) is 0 Å². The minimum atomic E-state index is -0.0575. The molecule has 136 valence electrons. The maximum absolute atomic E-state index is 11.9. The highest BCUT2D eigenvalue weighted by molar-refractivity contribution is 14.0. The summed E-state index contributed by atoms with van der Waals surface area (Å²) in [6, 6.07) is 9.22. The zero-order valence-electron chi connectivity index (χ0n) is 14.9. The van der Waals surface area contributed by atoms with Gasteiger partial charge in [-0.2, -0.15) is 11.8 Å². The van der Waals surface area contributed by atoms with Gasteiger partial charge >= 0.3 is 0 Å². The highest BCUT2D eigenvalue weighted by Gasteiger charge is 2.15. The molecule has 0 fully saturated rings. The Labute approximate surface area is 166 Å². The molecule has 1 amide bonds. The molecule has 0 aliphatic rings. The standard InChI is InChI=1S/C17H28N4OS.HI/c1-5-18-16(21-13-17(2,3)23-4)20-12-11-19-15(22)14-9-7-6-8-10-14;/h6-10H,5,11-13H2,1-4H3,(H,19,22)(H2,18,20,21);1H. The largest absolute Gasteiger partial charge is 0.357 e. The molecule has 0 aromatic heterocycles. The van der Waals surface area contributed by atoms with Gasteiger partial charge in [-0.1, -0.05) is 18.2 Å². The van der Waals surface area contributed by atoms with Gasteiger partial charge in [-0.3, -0.25) is 9.79 Å². The Morgan fingerprint density at radius 1 is 1.12 bits per heavy atom. The smallest absolute Gasteiger partial charge is 0.251 e. The van der Waals surface area contributed by atoms with Gasteiger partial charge in [0.1, 0.15) is 0 Å². The highest BCUT2D eigenvalue weighted by atomic mass is 127. The average molecular weight is 464 g/mol. The summed E-state index contributed by atoms with van der Waals surface area (Å²) in [5, 5.41) is 9.35. The van der Waals surface area contributed by atoms with Gasteiger partial charge in [0.25, 0.3) is 5.91 Å². The van der Waals surface area contributed by atoms with Crippen LogP contribution in [-0.2, 0) is 0 Å². The molecule has 0 aliphatic heterocycles. The summed E-state index contributed by atoms with van der Waals surface area (Å²) < 4.78 is 0.115. The number of rotatable bonds is 8. The van der Waals surface area contributed by atoms with Crippen molar-refractivity contribution >= 4 is 47.6 Å². The number of benzene rings is 1. The summed E-state index contributed by atoms with van der Waals surface area (Å²) in [6.07, 6.45) is 2.09. The van der Waals surface area contributed by atoms with Crippen molar-refractivity contribution in [2.24, 2.45) is 4.99 Å². The molecule has 0 atom stereocenters. The van der Waals surface area contributed by atoms with E-state index in [1.165, 1.54) is 0 Å². The predicted octanol–water partition coefficient (Wildman–Crippen LogP) is 2.73. The summed E-state index contributed by atoms with van der Waals surface area (Å²) in [5.74, 6) is 0.724. The Morgan fingerprint density at radius 3 is 2.33 bits per heavy atom. The van der Waals surface area contributed by atoms with Crippen molar-refractivity contribution in [3.63, 3.8) is 0 Å². The van der Waals surface area contributed by atoms with Crippen LogP contribution in [0.3, 0.4) is 0 Å². The van der Waals surface area contributed by atoms with Crippen LogP contribution in [0.4, 0.5) is 0 Å². The number of carbonyl (C=O) groups is 1. The molecule has 1 rings (SSSR count). The fourth-order valence-corrected chi connectivity index (χ4v) is 1.92. The van der Waals surface area contributed by atoms with E-state index in [-0.39, 0.29) is 34.6 Å². The van der Waals surface area contributed by atoms with E-state index in [4.69, 9.17) is 0 Å². The van der Waals surface area contributed by atoms with E-state index in [9.17, 15) is 4.79 Å². The summed E-state index contributed by atoms with van der Waals surface area (Å²) in [6.45, 7) is 9.10. The van der Waals surface area contributed by atoms with Gasteiger partial charge in [-0.05, 0) is 39.2 Å². The number of aliphatic imine (C=N–C) groups is 1. The van der Waals surface area contributed by atoms with E-state index in [0.717, 1.165) is 19.0 Å². The molecule has 5 nitrogen and oxygen atoms in total. The van der Waals surface area contributed by atoms with Crippen LogP contribution in [0.15, 0.2) is 35.3 Å². The van der Waals surface area contributed by atoms with Gasteiger partial charge < -0.3 is 16.0 Å². The van der Waals surface area contributed by atoms with Crippen LogP contribution >= 0.6 is 35.7 Å². The first kappa shape index (κ1) is 23.0. The maximum atomic E-state index is 11.9. The molecule has 0 saturated heterocycles. The van der Waals surface area contributed by atoms with E-state index >= 15 is 0 Å². The van der Waals surface area contributed by atoms with E-state index in [2.05, 4.69) is 41.0 Å². The molecular formula is C17H29IN4OS. The Kier molecular flexibility index (Phi) is 11.9. The lowest BCUT2D eigenvalue weighted by molar-refractivity contribution is 0.0954. The highest BCUT2D eigenvalue weighted by Crippen LogP contribution is 2.20. The number of nitrogens with one attached hydrogen (secondary N) is 3. The number of halogens is 1. The minimum absolute atomic E-state index is 0. The lowest BCUT2D eigenvalue weighted by Crippen LogP contribution is -2.42. The lowest BCUT2D eigenvalue weighted by atomic mass is 10.2. The minimum Gasteiger partial charge on any atom is -0.357 e. The van der Waals surface area contributed by atoms with Crippen molar-refractivity contribution in [3.8, 4) is 0 Å². The summed E-state index contributed by atoms with van der Waals surface area (Å²) in [5.41, 5.74) is 0.676. The van der Waals surface area contributed by atoms with Gasteiger partial charge in [-0.15, -0.1) is 24.0 Å². The van der Waals surface area contributed by atoms with Crippen LogP contribution in [0.25, 0.3) is 0 Å². The van der Waals surface area contributed by atoms with Gasteiger partial charge in [0.05, 0.1) is 6.54 Å². The molecule has 7 heteroatoms.